The van der Waals surface area contributed by atoms with Gasteiger partial charge in [-0.25, -0.2) is 4.39 Å². The third-order valence-electron chi connectivity index (χ3n) is 3.07. The lowest BCUT2D eigenvalue weighted by Gasteiger charge is -2.20. The molecule has 0 saturated heterocycles. The van der Waals surface area contributed by atoms with Crippen LogP contribution >= 0.6 is 23.2 Å². The molecule has 2 atom stereocenters. The molecule has 2 rings (SSSR count). The van der Waals surface area contributed by atoms with Gasteiger partial charge in [-0.3, -0.25) is 4.79 Å². The molecule has 0 amide bonds. The minimum Gasteiger partial charge on any atom is -0.481 e. The fraction of sp³-hybridized carbons (Fsp3) is 0.133. The SMILES string of the molecule is O=C(O)[C@H](c1ccc(Cl)cc1F)[C@H](O)c1cccc(Cl)c1. The summed E-state index contributed by atoms with van der Waals surface area (Å²) in [6.07, 6.45) is -1.43. The third-order valence-corrected chi connectivity index (χ3v) is 3.54. The number of rotatable bonds is 4. The fourth-order valence-electron chi connectivity index (χ4n) is 2.07. The van der Waals surface area contributed by atoms with Crippen LogP contribution in [0.4, 0.5) is 4.39 Å². The minimum atomic E-state index is -1.46. The second kappa shape index (κ2) is 6.43. The molecule has 0 unspecified atom stereocenters. The standard InChI is InChI=1S/C15H11Cl2FO3/c16-9-3-1-2-8(6-9)14(19)13(15(20)21)11-5-4-10(17)7-12(11)18/h1-7,13-14,19H,(H,20,21)/t13-,14-/m1/s1. The van der Waals surface area contributed by atoms with E-state index in [0.29, 0.717) is 10.6 Å². The van der Waals surface area contributed by atoms with Gasteiger partial charge in [-0.15, -0.1) is 0 Å². The van der Waals surface area contributed by atoms with Crippen LogP contribution < -0.4 is 0 Å². The number of aliphatic carboxylic acids is 1. The van der Waals surface area contributed by atoms with E-state index in [-0.39, 0.29) is 10.6 Å². The highest BCUT2D eigenvalue weighted by Gasteiger charge is 2.32. The van der Waals surface area contributed by atoms with Crippen molar-refractivity contribution in [2.45, 2.75) is 12.0 Å². The predicted octanol–water partition coefficient (Wildman–Crippen LogP) is 4.03. The monoisotopic (exact) mass is 328 g/mol. The highest BCUT2D eigenvalue weighted by Crippen LogP contribution is 2.34. The summed E-state index contributed by atoms with van der Waals surface area (Å²) in [6, 6.07) is 9.78. The molecule has 0 aliphatic rings. The van der Waals surface area contributed by atoms with Crippen molar-refractivity contribution < 1.29 is 19.4 Å². The molecular formula is C15H11Cl2FO3. The Morgan fingerprint density at radius 2 is 1.76 bits per heavy atom. The molecule has 0 saturated carbocycles. The Kier molecular flexibility index (Phi) is 4.83. The Bertz CT molecular complexity index is 676. The summed E-state index contributed by atoms with van der Waals surface area (Å²) in [6.45, 7) is 0. The van der Waals surface area contributed by atoms with Crippen molar-refractivity contribution in [3.8, 4) is 0 Å². The average Bonchev–Trinajstić information content (AvgIpc) is 2.41. The van der Waals surface area contributed by atoms with E-state index in [4.69, 9.17) is 23.2 Å². The Morgan fingerprint density at radius 1 is 1.10 bits per heavy atom. The summed E-state index contributed by atoms with van der Waals surface area (Å²) in [5.74, 6) is -3.58. The van der Waals surface area contributed by atoms with Gasteiger partial charge in [0.1, 0.15) is 11.7 Å². The Morgan fingerprint density at radius 3 is 2.33 bits per heavy atom. The third kappa shape index (κ3) is 3.53. The van der Waals surface area contributed by atoms with Crippen LogP contribution in [0.3, 0.4) is 0 Å². The van der Waals surface area contributed by atoms with Gasteiger partial charge in [-0.05, 0) is 29.8 Å². The Hall–Kier alpha value is -1.62. The lowest BCUT2D eigenvalue weighted by atomic mass is 9.89. The van der Waals surface area contributed by atoms with Crippen LogP contribution in [-0.2, 0) is 4.79 Å². The van der Waals surface area contributed by atoms with E-state index in [1.54, 1.807) is 12.1 Å². The molecule has 3 nitrogen and oxygen atoms in total. The van der Waals surface area contributed by atoms with Gasteiger partial charge in [0.25, 0.3) is 0 Å². The van der Waals surface area contributed by atoms with E-state index < -0.39 is 23.8 Å². The van der Waals surface area contributed by atoms with E-state index in [0.717, 1.165) is 6.07 Å². The van der Waals surface area contributed by atoms with Gasteiger partial charge < -0.3 is 10.2 Å². The lowest BCUT2D eigenvalue weighted by molar-refractivity contribution is -0.141. The number of hydrogen-bond acceptors (Lipinski definition) is 2. The first-order chi connectivity index (χ1) is 9.90. The smallest absolute Gasteiger partial charge is 0.314 e. The Labute approximate surface area is 130 Å². The molecule has 2 N–H and O–H groups in total. The van der Waals surface area contributed by atoms with Crippen molar-refractivity contribution in [1.82, 2.24) is 0 Å². The molecule has 0 heterocycles. The number of carboxylic acid groups (broad SMARTS) is 1. The summed E-state index contributed by atoms with van der Waals surface area (Å²) in [5, 5.41) is 20.1. The van der Waals surface area contributed by atoms with Crippen LogP contribution in [0.25, 0.3) is 0 Å². The summed E-state index contributed by atoms with van der Waals surface area (Å²) in [7, 11) is 0. The van der Waals surface area contributed by atoms with Crippen molar-refractivity contribution in [3.63, 3.8) is 0 Å². The first-order valence-corrected chi connectivity index (χ1v) is 6.77. The van der Waals surface area contributed by atoms with Gasteiger partial charge in [0.2, 0.25) is 0 Å². The highest BCUT2D eigenvalue weighted by molar-refractivity contribution is 6.30. The zero-order chi connectivity index (χ0) is 15.6. The first-order valence-electron chi connectivity index (χ1n) is 6.01. The maximum Gasteiger partial charge on any atom is 0.314 e. The van der Waals surface area contributed by atoms with Crippen LogP contribution in [0.1, 0.15) is 23.1 Å². The van der Waals surface area contributed by atoms with E-state index >= 15 is 0 Å². The molecule has 0 aliphatic carbocycles. The first kappa shape index (κ1) is 15.8. The number of carbonyl (C=O) groups is 1. The number of aliphatic hydroxyl groups is 1. The van der Waals surface area contributed by atoms with Crippen molar-refractivity contribution in [3.05, 3.63) is 69.5 Å². The van der Waals surface area contributed by atoms with Crippen LogP contribution in [0.2, 0.25) is 10.0 Å². The molecule has 2 aromatic rings. The van der Waals surface area contributed by atoms with Crippen molar-refractivity contribution in [2.75, 3.05) is 0 Å². The summed E-state index contributed by atoms with van der Waals surface area (Å²) in [5.41, 5.74) is 0.156. The molecule has 0 radical (unpaired) electrons. The predicted molar refractivity (Wildman–Crippen MR) is 78.2 cm³/mol. The summed E-state index contributed by atoms with van der Waals surface area (Å²) in [4.78, 5) is 11.4. The van der Waals surface area contributed by atoms with Gasteiger partial charge >= 0.3 is 5.97 Å². The maximum absolute atomic E-state index is 13.9. The van der Waals surface area contributed by atoms with Crippen molar-refractivity contribution >= 4 is 29.2 Å². The molecule has 0 spiro atoms. The van der Waals surface area contributed by atoms with Crippen LogP contribution in [-0.4, -0.2) is 16.2 Å². The van der Waals surface area contributed by atoms with Crippen LogP contribution in [0.5, 0.6) is 0 Å². The van der Waals surface area contributed by atoms with Gasteiger partial charge in [-0.2, -0.15) is 0 Å². The largest absolute Gasteiger partial charge is 0.481 e. The molecule has 0 aromatic heterocycles. The van der Waals surface area contributed by atoms with Gasteiger partial charge in [0, 0.05) is 15.6 Å². The molecule has 21 heavy (non-hydrogen) atoms. The highest BCUT2D eigenvalue weighted by atomic mass is 35.5. The number of aliphatic hydroxyl groups excluding tert-OH is 1. The van der Waals surface area contributed by atoms with Crippen molar-refractivity contribution in [1.29, 1.82) is 0 Å². The molecule has 0 aliphatic heterocycles. The van der Waals surface area contributed by atoms with Gasteiger partial charge in [0.15, 0.2) is 0 Å². The van der Waals surface area contributed by atoms with Crippen LogP contribution in [0.15, 0.2) is 42.5 Å². The Balaban J connectivity index is 2.46. The molecule has 110 valence electrons. The van der Waals surface area contributed by atoms with E-state index in [1.165, 1.54) is 24.3 Å². The second-order valence-electron chi connectivity index (χ2n) is 4.48. The molecule has 2 aromatic carbocycles. The fourth-order valence-corrected chi connectivity index (χ4v) is 2.43. The number of halogens is 3. The second-order valence-corrected chi connectivity index (χ2v) is 5.35. The molecular weight excluding hydrogens is 318 g/mol. The maximum atomic E-state index is 13.9. The number of hydrogen-bond donors (Lipinski definition) is 2. The summed E-state index contributed by atoms with van der Waals surface area (Å²) >= 11 is 11.5. The van der Waals surface area contributed by atoms with E-state index in [9.17, 15) is 19.4 Å². The quantitative estimate of drug-likeness (QED) is 0.890. The molecule has 0 bridgehead atoms. The lowest BCUT2D eigenvalue weighted by Crippen LogP contribution is -2.21. The van der Waals surface area contributed by atoms with E-state index in [1.807, 2.05) is 0 Å². The minimum absolute atomic E-state index is 0.139. The topological polar surface area (TPSA) is 57.5 Å². The van der Waals surface area contributed by atoms with E-state index in [2.05, 4.69) is 0 Å². The molecule has 6 heteroatoms. The number of benzene rings is 2. The zero-order valence-corrected chi connectivity index (χ0v) is 12.1. The average molecular weight is 329 g/mol. The van der Waals surface area contributed by atoms with Gasteiger partial charge in [-0.1, -0.05) is 41.4 Å². The van der Waals surface area contributed by atoms with Crippen molar-refractivity contribution in [2.24, 2.45) is 0 Å². The summed E-state index contributed by atoms with van der Waals surface area (Å²) < 4.78 is 13.9. The normalized spacial score (nSPS) is 13.7. The van der Waals surface area contributed by atoms with Gasteiger partial charge in [0.05, 0.1) is 6.10 Å². The zero-order valence-electron chi connectivity index (χ0n) is 10.6. The molecule has 0 fully saturated rings. The number of carboxylic acids is 1. The van der Waals surface area contributed by atoms with Crippen LogP contribution in [0, 0.1) is 5.82 Å².